The lowest BCUT2D eigenvalue weighted by Gasteiger charge is -2.16. The first kappa shape index (κ1) is 21.0. The number of H-pyrrole nitrogens is 1. The number of aromatic nitrogens is 4. The number of hydrogen-bond donors (Lipinski definition) is 5. The number of imidazole rings is 1. The molecular weight excluding hydrogens is 421 g/mol. The van der Waals surface area contributed by atoms with Gasteiger partial charge in [-0.15, -0.1) is 0 Å². The second kappa shape index (κ2) is 8.58. The summed E-state index contributed by atoms with van der Waals surface area (Å²) in [5.74, 6) is 0.0536. The average Bonchev–Trinajstić information content (AvgIpc) is 3.47. The first-order valence-electron chi connectivity index (χ1n) is 10.6. The van der Waals surface area contributed by atoms with E-state index < -0.39 is 36.5 Å². The van der Waals surface area contributed by atoms with E-state index in [-0.39, 0.29) is 18.4 Å². The maximum atomic E-state index is 13.8. The molecule has 6 atom stereocenters. The van der Waals surface area contributed by atoms with Gasteiger partial charge in [-0.3, -0.25) is 4.98 Å². The molecule has 11 heteroatoms. The van der Waals surface area contributed by atoms with Gasteiger partial charge < -0.3 is 30.1 Å². The summed E-state index contributed by atoms with van der Waals surface area (Å²) >= 11 is 0. The van der Waals surface area contributed by atoms with Gasteiger partial charge in [0.25, 0.3) is 0 Å². The van der Waals surface area contributed by atoms with Gasteiger partial charge in [-0.1, -0.05) is 17.1 Å². The Bertz CT molecular complexity index is 1100. The zero-order chi connectivity index (χ0) is 22.2. The van der Waals surface area contributed by atoms with Crippen molar-refractivity contribution >= 4 is 17.0 Å². The topological polar surface area (TPSA) is 137 Å². The third-order valence-corrected chi connectivity index (χ3v) is 6.07. The van der Waals surface area contributed by atoms with Gasteiger partial charge in [-0.25, -0.2) is 8.96 Å². The highest BCUT2D eigenvalue weighted by atomic mass is 19.1. The van der Waals surface area contributed by atoms with E-state index in [0.717, 1.165) is 19.3 Å². The molecule has 2 aliphatic rings. The molecule has 170 valence electrons. The largest absolute Gasteiger partial charge is 0.488 e. The number of nitrogens with one attached hydrogen (secondary N) is 2. The van der Waals surface area contributed by atoms with E-state index in [1.54, 1.807) is 23.0 Å². The van der Waals surface area contributed by atoms with Crippen molar-refractivity contribution in [2.45, 2.75) is 55.9 Å². The lowest BCUT2D eigenvalue weighted by molar-refractivity contribution is -0.745. The molecular formula is C21H25FN5O5+. The minimum Gasteiger partial charge on any atom is -0.488 e. The Morgan fingerprint density at radius 2 is 2.03 bits per heavy atom. The van der Waals surface area contributed by atoms with E-state index in [4.69, 9.17) is 9.47 Å². The highest BCUT2D eigenvalue weighted by molar-refractivity contribution is 5.80. The van der Waals surface area contributed by atoms with Crippen LogP contribution in [-0.4, -0.2) is 67.3 Å². The summed E-state index contributed by atoms with van der Waals surface area (Å²) in [6.07, 6.45) is 0.742. The maximum absolute atomic E-state index is 13.8. The predicted molar refractivity (Wildman–Crippen MR) is 109 cm³/mol. The van der Waals surface area contributed by atoms with Gasteiger partial charge in [0.15, 0.2) is 30.0 Å². The average molecular weight is 446 g/mol. The summed E-state index contributed by atoms with van der Waals surface area (Å²) in [6.45, 7) is -0.139. The van der Waals surface area contributed by atoms with E-state index in [9.17, 15) is 19.7 Å². The fourth-order valence-corrected chi connectivity index (χ4v) is 4.32. The molecule has 1 aliphatic heterocycles. The first-order chi connectivity index (χ1) is 15.5. The molecule has 10 nitrogen and oxygen atoms in total. The lowest BCUT2D eigenvalue weighted by Crippen LogP contribution is -2.45. The Morgan fingerprint density at radius 1 is 1.19 bits per heavy atom. The summed E-state index contributed by atoms with van der Waals surface area (Å²) in [4.78, 5) is 11.7. The summed E-state index contributed by atoms with van der Waals surface area (Å²) in [6, 6.07) is 5.84. The summed E-state index contributed by atoms with van der Waals surface area (Å²) in [7, 11) is 0. The molecule has 3 heterocycles. The predicted octanol–water partition coefficient (Wildman–Crippen LogP) is 0.408. The molecule has 2 fully saturated rings. The molecule has 0 unspecified atom stereocenters. The van der Waals surface area contributed by atoms with Crippen molar-refractivity contribution in [3.63, 3.8) is 0 Å². The highest BCUT2D eigenvalue weighted by Crippen LogP contribution is 2.29. The van der Waals surface area contributed by atoms with Crippen LogP contribution in [0.4, 0.5) is 10.2 Å². The van der Waals surface area contributed by atoms with Crippen molar-refractivity contribution in [1.29, 1.82) is 0 Å². The molecule has 0 amide bonds. The minimum atomic E-state index is -1.25. The fourth-order valence-electron chi connectivity index (χ4n) is 4.32. The number of nitrogens with zero attached hydrogens (tertiary/aromatic N) is 3. The number of aliphatic hydroxyl groups is 3. The monoisotopic (exact) mass is 446 g/mol. The molecule has 5 N–H and O–H groups in total. The summed E-state index contributed by atoms with van der Waals surface area (Å²) in [5, 5.41) is 34.4. The Morgan fingerprint density at radius 3 is 2.81 bits per heavy atom. The van der Waals surface area contributed by atoms with Crippen molar-refractivity contribution < 1.29 is 33.8 Å². The van der Waals surface area contributed by atoms with Crippen LogP contribution >= 0.6 is 0 Å². The maximum Gasteiger partial charge on any atom is 0.309 e. The second-order valence-corrected chi connectivity index (χ2v) is 8.14. The smallest absolute Gasteiger partial charge is 0.309 e. The van der Waals surface area contributed by atoms with Crippen LogP contribution in [0.5, 0.6) is 5.75 Å². The first-order valence-corrected chi connectivity index (χ1v) is 10.6. The molecule has 2 aromatic heterocycles. The molecule has 1 aromatic carbocycles. The minimum absolute atomic E-state index is 0.0403. The van der Waals surface area contributed by atoms with Crippen LogP contribution in [0.3, 0.4) is 0 Å². The zero-order valence-electron chi connectivity index (χ0n) is 17.1. The van der Waals surface area contributed by atoms with E-state index in [2.05, 4.69) is 20.3 Å². The highest BCUT2D eigenvalue weighted by Gasteiger charge is 2.47. The quantitative estimate of drug-likeness (QED) is 0.344. The van der Waals surface area contributed by atoms with Crippen LogP contribution in [0.15, 0.2) is 36.9 Å². The molecule has 1 aliphatic carbocycles. The van der Waals surface area contributed by atoms with Crippen LogP contribution < -0.4 is 14.6 Å². The van der Waals surface area contributed by atoms with Gasteiger partial charge in [0.05, 0.1) is 12.1 Å². The number of para-hydroxylation sites is 1. The molecule has 1 saturated heterocycles. The Kier molecular flexibility index (Phi) is 5.64. The molecule has 32 heavy (non-hydrogen) atoms. The molecule has 0 radical (unpaired) electrons. The van der Waals surface area contributed by atoms with Crippen molar-refractivity contribution in [2.24, 2.45) is 0 Å². The number of halogens is 1. The Labute approximate surface area is 182 Å². The van der Waals surface area contributed by atoms with Gasteiger partial charge >= 0.3 is 5.65 Å². The molecule has 5 rings (SSSR count). The van der Waals surface area contributed by atoms with Crippen LogP contribution in [0.2, 0.25) is 0 Å². The van der Waals surface area contributed by atoms with Crippen molar-refractivity contribution in [3.05, 3.63) is 42.7 Å². The SMILES string of the molecule is O[C@@H]1[C@H](O)[C@H]([n+]2c[nH]c3c(N[C@@H]4CCC[C@H]4O)ncnc32)O[C@@H]1COc1ccccc1F. The van der Waals surface area contributed by atoms with Gasteiger partial charge in [0, 0.05) is 0 Å². The number of aliphatic hydroxyl groups excluding tert-OH is 3. The third kappa shape index (κ3) is 3.77. The summed E-state index contributed by atoms with van der Waals surface area (Å²) < 4.78 is 26.7. The van der Waals surface area contributed by atoms with Crippen LogP contribution in [-0.2, 0) is 4.74 Å². The third-order valence-electron chi connectivity index (χ3n) is 6.07. The van der Waals surface area contributed by atoms with Gasteiger partial charge in [-0.2, -0.15) is 4.98 Å². The number of benzene rings is 1. The lowest BCUT2D eigenvalue weighted by atomic mass is 10.1. The van der Waals surface area contributed by atoms with E-state index >= 15 is 0 Å². The van der Waals surface area contributed by atoms with Gasteiger partial charge in [-0.05, 0) is 31.4 Å². The molecule has 1 saturated carbocycles. The number of aromatic amines is 1. The number of hydrogen-bond acceptors (Lipinski definition) is 8. The van der Waals surface area contributed by atoms with Gasteiger partial charge in [0.1, 0.15) is 24.9 Å². The Hall–Kier alpha value is -2.86. The fraction of sp³-hybridized carbons (Fsp3) is 0.476. The summed E-state index contributed by atoms with van der Waals surface area (Å²) in [5.41, 5.74) is 1.05. The van der Waals surface area contributed by atoms with Crippen molar-refractivity contribution in [1.82, 2.24) is 15.0 Å². The Balaban J connectivity index is 1.34. The molecule has 3 aromatic rings. The van der Waals surface area contributed by atoms with Crippen molar-refractivity contribution in [2.75, 3.05) is 11.9 Å². The van der Waals surface area contributed by atoms with Crippen LogP contribution in [0, 0.1) is 5.82 Å². The molecule has 0 bridgehead atoms. The van der Waals surface area contributed by atoms with Crippen LogP contribution in [0.1, 0.15) is 25.5 Å². The number of rotatable bonds is 6. The van der Waals surface area contributed by atoms with Crippen molar-refractivity contribution in [3.8, 4) is 5.75 Å². The van der Waals surface area contributed by atoms with E-state index in [1.165, 1.54) is 18.5 Å². The number of anilines is 1. The van der Waals surface area contributed by atoms with Crippen LogP contribution in [0.25, 0.3) is 11.2 Å². The molecule has 0 spiro atoms. The standard InChI is InChI=1S/C21H24FN5O5/c22-11-4-1-2-7-14(11)31-8-15-17(29)18(30)21(32-15)27-10-25-16-19(23-9-24-20(16)27)26-12-5-3-6-13(12)28/h1-2,4,7,9-10,12-13,15,17-18,21,28-30H,3,5-6,8H2,(H,23,24,26)/p+1/t12-,13-,15-,17+,18+,21-/m1/s1. The van der Waals surface area contributed by atoms with E-state index in [0.29, 0.717) is 17.0 Å². The second-order valence-electron chi connectivity index (χ2n) is 8.14. The number of ether oxygens (including phenoxy) is 2. The normalized spacial score (nSPS) is 30.1. The van der Waals surface area contributed by atoms with E-state index in [1.807, 2.05) is 0 Å². The number of fused-ring (bicyclic) bond motifs is 1. The zero-order valence-corrected chi connectivity index (χ0v) is 17.1. The van der Waals surface area contributed by atoms with Gasteiger partial charge in [0.2, 0.25) is 11.7 Å².